The van der Waals surface area contributed by atoms with Crippen molar-refractivity contribution >= 4 is 5.69 Å². The molecule has 1 aromatic rings. The van der Waals surface area contributed by atoms with E-state index in [0.717, 1.165) is 19.4 Å². The molecule has 1 N–H and O–H groups in total. The molecule has 0 radical (unpaired) electrons. The largest absolute Gasteiger partial charge is 0.396 e. The second-order valence-corrected chi connectivity index (χ2v) is 5.53. The van der Waals surface area contributed by atoms with Crippen LogP contribution in [0.3, 0.4) is 0 Å². The molecular formula is C15H22FNO. The first-order valence-electron chi connectivity index (χ1n) is 6.73. The Labute approximate surface area is 108 Å². The molecule has 1 aliphatic carbocycles. The minimum Gasteiger partial charge on any atom is -0.396 e. The summed E-state index contributed by atoms with van der Waals surface area (Å²) in [6, 6.07) is 6.83. The van der Waals surface area contributed by atoms with Crippen molar-refractivity contribution in [3.05, 3.63) is 30.1 Å². The smallest absolute Gasteiger partial charge is 0.146 e. The Morgan fingerprint density at radius 1 is 1.22 bits per heavy atom. The first kappa shape index (κ1) is 13.3. The van der Waals surface area contributed by atoms with Gasteiger partial charge >= 0.3 is 0 Å². The van der Waals surface area contributed by atoms with Crippen molar-refractivity contribution in [1.82, 2.24) is 0 Å². The summed E-state index contributed by atoms with van der Waals surface area (Å²) in [6.45, 7) is 0.927. The third-order valence-corrected chi connectivity index (χ3v) is 4.09. The highest BCUT2D eigenvalue weighted by atomic mass is 19.1. The molecule has 0 aromatic heterocycles. The number of rotatable bonds is 4. The van der Waals surface area contributed by atoms with Crippen LogP contribution in [0.25, 0.3) is 0 Å². The fourth-order valence-corrected chi connectivity index (χ4v) is 3.02. The van der Waals surface area contributed by atoms with Crippen LogP contribution in [0.5, 0.6) is 0 Å². The number of para-hydroxylation sites is 1. The number of benzene rings is 1. The Kier molecular flexibility index (Phi) is 4.23. The summed E-state index contributed by atoms with van der Waals surface area (Å²) < 4.78 is 13.7. The maximum atomic E-state index is 13.7. The van der Waals surface area contributed by atoms with E-state index in [4.69, 9.17) is 0 Å². The van der Waals surface area contributed by atoms with Crippen LogP contribution in [0.4, 0.5) is 10.1 Å². The molecule has 0 heterocycles. The first-order chi connectivity index (χ1) is 8.67. The number of halogens is 1. The molecule has 0 atom stereocenters. The van der Waals surface area contributed by atoms with Crippen LogP contribution in [-0.4, -0.2) is 25.3 Å². The van der Waals surface area contributed by atoms with E-state index >= 15 is 0 Å². The SMILES string of the molecule is CN(CC1(CO)CCCCC1)c1ccccc1F. The third kappa shape index (κ3) is 2.83. The molecule has 0 spiro atoms. The van der Waals surface area contributed by atoms with Crippen LogP contribution < -0.4 is 4.90 Å². The summed E-state index contributed by atoms with van der Waals surface area (Å²) in [7, 11) is 1.91. The summed E-state index contributed by atoms with van der Waals surface area (Å²) in [5.74, 6) is -0.191. The van der Waals surface area contributed by atoms with Gasteiger partial charge in [0.1, 0.15) is 5.82 Å². The fraction of sp³-hybridized carbons (Fsp3) is 0.600. The van der Waals surface area contributed by atoms with Gasteiger partial charge in [0.05, 0.1) is 12.3 Å². The van der Waals surface area contributed by atoms with E-state index in [-0.39, 0.29) is 17.8 Å². The maximum Gasteiger partial charge on any atom is 0.146 e. The predicted molar refractivity (Wildman–Crippen MR) is 72.3 cm³/mol. The van der Waals surface area contributed by atoms with Gasteiger partial charge in [-0.3, -0.25) is 0 Å². The standard InChI is InChI=1S/C15H22FNO/c1-17(14-8-4-3-7-13(14)16)11-15(12-18)9-5-2-6-10-15/h3-4,7-8,18H,2,5-6,9-12H2,1H3. The minimum atomic E-state index is -0.191. The van der Waals surface area contributed by atoms with Crippen molar-refractivity contribution in [2.24, 2.45) is 5.41 Å². The number of hydrogen-bond donors (Lipinski definition) is 1. The van der Waals surface area contributed by atoms with E-state index < -0.39 is 0 Å². The van der Waals surface area contributed by atoms with Crippen molar-refractivity contribution in [1.29, 1.82) is 0 Å². The fourth-order valence-electron chi connectivity index (χ4n) is 3.02. The lowest BCUT2D eigenvalue weighted by Gasteiger charge is -2.39. The van der Waals surface area contributed by atoms with Gasteiger partial charge in [-0.15, -0.1) is 0 Å². The van der Waals surface area contributed by atoms with Crippen LogP contribution in [0.15, 0.2) is 24.3 Å². The van der Waals surface area contributed by atoms with Crippen molar-refractivity contribution in [2.75, 3.05) is 25.1 Å². The molecule has 0 bridgehead atoms. The van der Waals surface area contributed by atoms with Crippen molar-refractivity contribution < 1.29 is 9.50 Å². The molecule has 100 valence electrons. The summed E-state index contributed by atoms with van der Waals surface area (Å²) in [5.41, 5.74) is 0.575. The maximum absolute atomic E-state index is 13.7. The molecule has 1 saturated carbocycles. The highest BCUT2D eigenvalue weighted by Crippen LogP contribution is 2.37. The summed E-state index contributed by atoms with van der Waals surface area (Å²) in [4.78, 5) is 1.94. The highest BCUT2D eigenvalue weighted by Gasteiger charge is 2.33. The third-order valence-electron chi connectivity index (χ3n) is 4.09. The van der Waals surface area contributed by atoms with Gasteiger partial charge in [0.15, 0.2) is 0 Å². The van der Waals surface area contributed by atoms with Crippen LogP contribution in [0.2, 0.25) is 0 Å². The average molecular weight is 251 g/mol. The van der Waals surface area contributed by atoms with Crippen LogP contribution >= 0.6 is 0 Å². The second kappa shape index (κ2) is 5.70. The van der Waals surface area contributed by atoms with Gasteiger partial charge in [-0.25, -0.2) is 4.39 Å². The van der Waals surface area contributed by atoms with Crippen molar-refractivity contribution in [2.45, 2.75) is 32.1 Å². The van der Waals surface area contributed by atoms with Crippen LogP contribution in [0, 0.1) is 11.2 Å². The lowest BCUT2D eigenvalue weighted by Crippen LogP contribution is -2.40. The summed E-state index contributed by atoms with van der Waals surface area (Å²) >= 11 is 0. The molecule has 2 rings (SSSR count). The van der Waals surface area contributed by atoms with E-state index in [1.54, 1.807) is 12.1 Å². The highest BCUT2D eigenvalue weighted by molar-refractivity contribution is 5.47. The molecule has 3 heteroatoms. The van der Waals surface area contributed by atoms with Gasteiger partial charge in [-0.1, -0.05) is 31.4 Å². The number of nitrogens with zero attached hydrogens (tertiary/aromatic N) is 1. The Hall–Kier alpha value is -1.09. The Morgan fingerprint density at radius 2 is 1.89 bits per heavy atom. The average Bonchev–Trinajstić information content (AvgIpc) is 2.40. The van der Waals surface area contributed by atoms with Crippen molar-refractivity contribution in [3.8, 4) is 0 Å². The van der Waals surface area contributed by atoms with E-state index in [2.05, 4.69) is 0 Å². The van der Waals surface area contributed by atoms with Gasteiger partial charge in [0.2, 0.25) is 0 Å². The van der Waals surface area contributed by atoms with E-state index in [0.29, 0.717) is 5.69 Å². The molecule has 0 saturated heterocycles. The zero-order valence-corrected chi connectivity index (χ0v) is 11.0. The topological polar surface area (TPSA) is 23.5 Å². The molecule has 0 unspecified atom stereocenters. The molecule has 1 aromatic carbocycles. The number of aliphatic hydroxyl groups excluding tert-OH is 1. The number of anilines is 1. The Morgan fingerprint density at radius 3 is 2.50 bits per heavy atom. The Bertz CT molecular complexity index is 388. The summed E-state index contributed by atoms with van der Waals surface area (Å²) in [6.07, 6.45) is 5.69. The van der Waals surface area contributed by atoms with Crippen molar-refractivity contribution in [3.63, 3.8) is 0 Å². The normalized spacial score (nSPS) is 18.6. The van der Waals surface area contributed by atoms with Gasteiger partial charge in [0.25, 0.3) is 0 Å². The zero-order valence-electron chi connectivity index (χ0n) is 11.0. The predicted octanol–water partition coefficient (Wildman–Crippen LogP) is 3.20. The zero-order chi connectivity index (χ0) is 13.0. The summed E-state index contributed by atoms with van der Waals surface area (Å²) in [5, 5.41) is 9.69. The first-order valence-corrected chi connectivity index (χ1v) is 6.73. The van der Waals surface area contributed by atoms with Gasteiger partial charge in [-0.05, 0) is 25.0 Å². The number of hydrogen-bond acceptors (Lipinski definition) is 2. The van der Waals surface area contributed by atoms with Crippen LogP contribution in [-0.2, 0) is 0 Å². The molecule has 0 aliphatic heterocycles. The van der Waals surface area contributed by atoms with E-state index in [1.807, 2.05) is 18.0 Å². The molecule has 18 heavy (non-hydrogen) atoms. The molecule has 1 fully saturated rings. The lowest BCUT2D eigenvalue weighted by atomic mass is 9.74. The molecular weight excluding hydrogens is 229 g/mol. The number of aliphatic hydroxyl groups is 1. The quantitative estimate of drug-likeness (QED) is 0.888. The van der Waals surface area contributed by atoms with Gasteiger partial charge in [0, 0.05) is 19.0 Å². The lowest BCUT2D eigenvalue weighted by molar-refractivity contribution is 0.0890. The van der Waals surface area contributed by atoms with Gasteiger partial charge < -0.3 is 10.0 Å². The monoisotopic (exact) mass is 251 g/mol. The molecule has 1 aliphatic rings. The minimum absolute atomic E-state index is 0.0463. The van der Waals surface area contributed by atoms with Gasteiger partial charge in [-0.2, -0.15) is 0 Å². The molecule has 2 nitrogen and oxygen atoms in total. The second-order valence-electron chi connectivity index (χ2n) is 5.53. The van der Waals surface area contributed by atoms with E-state index in [9.17, 15) is 9.50 Å². The molecule has 0 amide bonds. The van der Waals surface area contributed by atoms with Crippen LogP contribution in [0.1, 0.15) is 32.1 Å². The van der Waals surface area contributed by atoms with E-state index in [1.165, 1.54) is 25.3 Å². The Balaban J connectivity index is 2.10.